The molecule has 3 aromatic rings. The van der Waals surface area contributed by atoms with Crippen molar-refractivity contribution in [3.05, 3.63) is 59.8 Å². The first-order valence-electron chi connectivity index (χ1n) is 9.68. The Hall–Kier alpha value is -2.37. The maximum Gasteiger partial charge on any atom is 0.121 e. The monoisotopic (exact) mass is 365 g/mol. The van der Waals surface area contributed by atoms with Crippen LogP contribution in [0.5, 0.6) is 5.75 Å². The van der Waals surface area contributed by atoms with Crippen LogP contribution in [0.15, 0.2) is 48.5 Å². The third-order valence-corrected chi connectivity index (χ3v) is 5.69. The van der Waals surface area contributed by atoms with Crippen molar-refractivity contribution in [2.24, 2.45) is 5.92 Å². The lowest BCUT2D eigenvalue weighted by atomic mass is 9.88. The summed E-state index contributed by atoms with van der Waals surface area (Å²) in [6, 6.07) is 16.3. The molecule has 27 heavy (non-hydrogen) atoms. The highest BCUT2D eigenvalue weighted by Crippen LogP contribution is 2.26. The van der Waals surface area contributed by atoms with Crippen molar-refractivity contribution in [2.45, 2.75) is 31.9 Å². The van der Waals surface area contributed by atoms with Crippen LogP contribution in [0.1, 0.15) is 24.1 Å². The molecule has 2 aromatic carbocycles. The summed E-state index contributed by atoms with van der Waals surface area (Å²) in [7, 11) is 1.67. The van der Waals surface area contributed by atoms with Crippen LogP contribution >= 0.6 is 0 Å². The summed E-state index contributed by atoms with van der Waals surface area (Å²) >= 11 is 0. The van der Waals surface area contributed by atoms with Gasteiger partial charge < -0.3 is 9.84 Å². The van der Waals surface area contributed by atoms with E-state index in [1.165, 1.54) is 5.56 Å². The number of H-pyrrole nitrogens is 1. The predicted molar refractivity (Wildman–Crippen MR) is 107 cm³/mol. The van der Waals surface area contributed by atoms with Gasteiger partial charge in [-0.2, -0.15) is 5.10 Å². The van der Waals surface area contributed by atoms with Gasteiger partial charge in [-0.1, -0.05) is 30.3 Å². The van der Waals surface area contributed by atoms with Crippen molar-refractivity contribution >= 4 is 10.9 Å². The first kappa shape index (κ1) is 18.0. The third-order valence-electron chi connectivity index (χ3n) is 5.69. The Morgan fingerprint density at radius 3 is 2.70 bits per heavy atom. The summed E-state index contributed by atoms with van der Waals surface area (Å²) in [6.07, 6.45) is 2.57. The van der Waals surface area contributed by atoms with Gasteiger partial charge in [-0.25, -0.2) is 0 Å². The smallest absolute Gasteiger partial charge is 0.121 e. The molecule has 0 amide bonds. The topological polar surface area (TPSA) is 61.4 Å². The van der Waals surface area contributed by atoms with E-state index in [1.54, 1.807) is 7.11 Å². The lowest BCUT2D eigenvalue weighted by Crippen LogP contribution is -2.38. The summed E-state index contributed by atoms with van der Waals surface area (Å²) in [4.78, 5) is 2.45. The number of hydrogen-bond acceptors (Lipinski definition) is 4. The summed E-state index contributed by atoms with van der Waals surface area (Å²) in [5, 5.41) is 19.4. The number of nitrogens with zero attached hydrogens (tertiary/aromatic N) is 2. The number of ether oxygens (including phenoxy) is 1. The van der Waals surface area contributed by atoms with Crippen LogP contribution in [0.3, 0.4) is 0 Å². The minimum absolute atomic E-state index is 0.255. The second-order valence-electron chi connectivity index (χ2n) is 7.46. The molecule has 1 fully saturated rings. The Bertz CT molecular complexity index is 870. The highest BCUT2D eigenvalue weighted by Gasteiger charge is 2.25. The van der Waals surface area contributed by atoms with E-state index in [0.717, 1.165) is 61.2 Å². The number of fused-ring (bicyclic) bond motifs is 1. The number of piperidine rings is 1. The van der Waals surface area contributed by atoms with E-state index in [4.69, 9.17) is 4.74 Å². The maximum atomic E-state index is 10.6. The van der Waals surface area contributed by atoms with E-state index >= 15 is 0 Å². The van der Waals surface area contributed by atoms with E-state index in [0.29, 0.717) is 5.92 Å². The Balaban J connectivity index is 1.33. The molecule has 142 valence electrons. The number of aliphatic hydroxyl groups excluding tert-OH is 1. The summed E-state index contributed by atoms with van der Waals surface area (Å²) in [6.45, 7) is 2.88. The van der Waals surface area contributed by atoms with Crippen LogP contribution < -0.4 is 4.74 Å². The third kappa shape index (κ3) is 4.15. The van der Waals surface area contributed by atoms with Gasteiger partial charge in [0.15, 0.2) is 0 Å². The Labute approximate surface area is 160 Å². The molecule has 1 saturated heterocycles. The number of aromatic nitrogens is 2. The van der Waals surface area contributed by atoms with Gasteiger partial charge in [0.2, 0.25) is 0 Å². The SMILES string of the molecule is COc1ccc2c(CN3CCC([C@H](O)Cc4ccccc4)CC3)[nH]nc2c1. The van der Waals surface area contributed by atoms with Crippen LogP contribution in [-0.4, -0.2) is 46.5 Å². The highest BCUT2D eigenvalue weighted by molar-refractivity contribution is 5.82. The standard InChI is InChI=1S/C22H27N3O2/c1-27-18-7-8-19-20(14-18)23-24-21(19)15-25-11-9-17(10-12-25)22(26)13-16-5-3-2-4-6-16/h2-8,14,17,22,26H,9-13,15H2,1H3,(H,23,24)/t22-/m1/s1. The van der Waals surface area contributed by atoms with Gasteiger partial charge in [-0.05, 0) is 56.0 Å². The predicted octanol–water partition coefficient (Wildman–Crippen LogP) is 3.39. The van der Waals surface area contributed by atoms with Crippen LogP contribution in [0.25, 0.3) is 10.9 Å². The quantitative estimate of drug-likeness (QED) is 0.703. The second kappa shape index (κ2) is 8.11. The molecule has 1 aliphatic heterocycles. The largest absolute Gasteiger partial charge is 0.497 e. The summed E-state index contributed by atoms with van der Waals surface area (Å²) in [5.74, 6) is 1.21. The fraction of sp³-hybridized carbons (Fsp3) is 0.409. The number of likely N-dealkylation sites (tertiary alicyclic amines) is 1. The van der Waals surface area contributed by atoms with Crippen LogP contribution in [0.2, 0.25) is 0 Å². The molecular weight excluding hydrogens is 338 g/mol. The molecular formula is C22H27N3O2. The number of benzene rings is 2. The average Bonchev–Trinajstić information content (AvgIpc) is 3.11. The Morgan fingerprint density at radius 2 is 1.96 bits per heavy atom. The van der Waals surface area contributed by atoms with E-state index in [-0.39, 0.29) is 6.10 Å². The molecule has 2 N–H and O–H groups in total. The van der Waals surface area contributed by atoms with E-state index < -0.39 is 0 Å². The fourth-order valence-corrected chi connectivity index (χ4v) is 4.04. The lowest BCUT2D eigenvalue weighted by Gasteiger charge is -2.34. The molecule has 5 nitrogen and oxygen atoms in total. The fourth-order valence-electron chi connectivity index (χ4n) is 4.04. The van der Waals surface area contributed by atoms with Crippen LogP contribution in [0.4, 0.5) is 0 Å². The van der Waals surface area contributed by atoms with Gasteiger partial charge in [0.25, 0.3) is 0 Å². The lowest BCUT2D eigenvalue weighted by molar-refractivity contribution is 0.0574. The van der Waals surface area contributed by atoms with Gasteiger partial charge in [0, 0.05) is 18.0 Å². The normalized spacial score (nSPS) is 17.3. The zero-order valence-corrected chi connectivity index (χ0v) is 15.8. The van der Waals surface area contributed by atoms with Crippen molar-refractivity contribution in [2.75, 3.05) is 20.2 Å². The number of nitrogens with one attached hydrogen (secondary N) is 1. The number of rotatable bonds is 6. The number of methoxy groups -OCH3 is 1. The van der Waals surface area contributed by atoms with E-state index in [9.17, 15) is 5.11 Å². The molecule has 0 radical (unpaired) electrons. The molecule has 0 unspecified atom stereocenters. The highest BCUT2D eigenvalue weighted by atomic mass is 16.5. The minimum atomic E-state index is -0.255. The molecule has 0 saturated carbocycles. The van der Waals surface area contributed by atoms with Crippen LogP contribution in [0, 0.1) is 5.92 Å². The maximum absolute atomic E-state index is 10.6. The molecule has 0 bridgehead atoms. The zero-order chi connectivity index (χ0) is 18.6. The number of aliphatic hydroxyl groups is 1. The second-order valence-corrected chi connectivity index (χ2v) is 7.46. The Kier molecular flexibility index (Phi) is 5.41. The molecule has 1 atom stereocenters. The molecule has 0 aliphatic carbocycles. The van der Waals surface area contributed by atoms with Gasteiger partial charge in [0.05, 0.1) is 24.4 Å². The summed E-state index contributed by atoms with van der Waals surface area (Å²) < 4.78 is 5.27. The molecule has 2 heterocycles. The molecule has 1 aliphatic rings. The molecule has 1 aromatic heterocycles. The molecule has 4 rings (SSSR count). The average molecular weight is 365 g/mol. The van der Waals surface area contributed by atoms with Crippen molar-refractivity contribution < 1.29 is 9.84 Å². The van der Waals surface area contributed by atoms with Gasteiger partial charge in [-0.15, -0.1) is 0 Å². The van der Waals surface area contributed by atoms with Crippen molar-refractivity contribution in [1.82, 2.24) is 15.1 Å². The van der Waals surface area contributed by atoms with Crippen molar-refractivity contribution in [1.29, 1.82) is 0 Å². The zero-order valence-electron chi connectivity index (χ0n) is 15.8. The van der Waals surface area contributed by atoms with Crippen molar-refractivity contribution in [3.63, 3.8) is 0 Å². The van der Waals surface area contributed by atoms with Crippen molar-refractivity contribution in [3.8, 4) is 5.75 Å². The van der Waals surface area contributed by atoms with Gasteiger partial charge in [0.1, 0.15) is 5.75 Å². The minimum Gasteiger partial charge on any atom is -0.497 e. The van der Waals surface area contributed by atoms with Gasteiger partial charge >= 0.3 is 0 Å². The first-order chi connectivity index (χ1) is 13.2. The van der Waals surface area contributed by atoms with Crippen LogP contribution in [-0.2, 0) is 13.0 Å². The summed E-state index contributed by atoms with van der Waals surface area (Å²) in [5.41, 5.74) is 3.31. The molecule has 0 spiro atoms. The number of hydrogen-bond donors (Lipinski definition) is 2. The first-order valence-corrected chi connectivity index (χ1v) is 9.68. The van der Waals surface area contributed by atoms with E-state index in [1.807, 2.05) is 30.3 Å². The molecule has 5 heteroatoms. The van der Waals surface area contributed by atoms with Gasteiger partial charge in [-0.3, -0.25) is 10.00 Å². The Morgan fingerprint density at radius 1 is 1.19 bits per heavy atom. The van der Waals surface area contributed by atoms with E-state index in [2.05, 4.69) is 33.3 Å². The number of aromatic amines is 1.